The van der Waals surface area contributed by atoms with Crippen molar-refractivity contribution in [1.82, 2.24) is 14.1 Å². The Balaban J connectivity index is 2.36. The lowest BCUT2D eigenvalue weighted by Crippen LogP contribution is -2.31. The van der Waals surface area contributed by atoms with Crippen molar-refractivity contribution < 1.29 is 17.9 Å². The molecule has 0 spiro atoms. The molecule has 21 heavy (non-hydrogen) atoms. The van der Waals surface area contributed by atoms with Crippen molar-refractivity contribution >= 4 is 21.8 Å². The minimum Gasteiger partial charge on any atom is -0.469 e. The van der Waals surface area contributed by atoms with Crippen molar-refractivity contribution in [3.05, 3.63) is 5.69 Å². The summed E-state index contributed by atoms with van der Waals surface area (Å²) in [5.74, 6) is -0.978. The van der Waals surface area contributed by atoms with E-state index < -0.39 is 21.9 Å². The van der Waals surface area contributed by atoms with Crippen LogP contribution in [0.3, 0.4) is 0 Å². The molecule has 1 saturated heterocycles. The summed E-state index contributed by atoms with van der Waals surface area (Å²) in [5, 5.41) is 3.93. The fourth-order valence-electron chi connectivity index (χ4n) is 2.64. The fourth-order valence-corrected chi connectivity index (χ4v) is 4.50. The van der Waals surface area contributed by atoms with Gasteiger partial charge in [0, 0.05) is 20.1 Å². The number of carbonyl (C=O) groups is 1. The quantitative estimate of drug-likeness (QED) is 0.770. The number of nitrogens with zero attached hydrogens (tertiary/aromatic N) is 3. The first-order chi connectivity index (χ1) is 9.70. The maximum atomic E-state index is 12.7. The van der Waals surface area contributed by atoms with Crippen molar-refractivity contribution in [2.24, 2.45) is 18.9 Å². The summed E-state index contributed by atoms with van der Waals surface area (Å²) < 4.78 is 32.9. The molecule has 1 aromatic rings. The monoisotopic (exact) mass is 316 g/mol. The minimum atomic E-state index is -3.77. The Morgan fingerprint density at radius 2 is 2.05 bits per heavy atom. The van der Waals surface area contributed by atoms with E-state index in [1.54, 1.807) is 14.0 Å². The zero-order valence-electron chi connectivity index (χ0n) is 12.5. The molecule has 1 fully saturated rings. The van der Waals surface area contributed by atoms with Crippen LogP contribution in [0.1, 0.15) is 12.6 Å². The summed E-state index contributed by atoms with van der Waals surface area (Å²) >= 11 is 0. The highest BCUT2D eigenvalue weighted by Gasteiger charge is 2.43. The molecule has 1 aromatic heterocycles. The zero-order valence-corrected chi connectivity index (χ0v) is 13.3. The van der Waals surface area contributed by atoms with Crippen LogP contribution >= 0.6 is 0 Å². The van der Waals surface area contributed by atoms with Gasteiger partial charge >= 0.3 is 5.97 Å². The molecule has 2 N–H and O–H groups in total. The number of anilines is 1. The number of aryl methyl sites for hydroxylation is 1. The third-order valence-corrected chi connectivity index (χ3v) is 5.98. The molecular formula is C12H20N4O4S. The average molecular weight is 316 g/mol. The minimum absolute atomic E-state index is 0.0164. The van der Waals surface area contributed by atoms with Crippen LogP contribution in [0.15, 0.2) is 4.90 Å². The predicted molar refractivity (Wildman–Crippen MR) is 75.8 cm³/mol. The largest absolute Gasteiger partial charge is 0.469 e. The third-order valence-electron chi connectivity index (χ3n) is 3.99. The van der Waals surface area contributed by atoms with E-state index in [0.29, 0.717) is 5.69 Å². The lowest BCUT2D eigenvalue weighted by molar-refractivity contribution is -0.145. The molecule has 0 bridgehead atoms. The molecule has 0 amide bonds. The molecule has 0 aromatic carbocycles. The fraction of sp³-hybridized carbons (Fsp3) is 0.667. The molecular weight excluding hydrogens is 296 g/mol. The van der Waals surface area contributed by atoms with Gasteiger partial charge in [0.25, 0.3) is 0 Å². The Morgan fingerprint density at radius 1 is 1.43 bits per heavy atom. The van der Waals surface area contributed by atoms with Gasteiger partial charge < -0.3 is 10.5 Å². The Morgan fingerprint density at radius 3 is 2.52 bits per heavy atom. The van der Waals surface area contributed by atoms with Crippen molar-refractivity contribution in [1.29, 1.82) is 0 Å². The van der Waals surface area contributed by atoms with E-state index in [9.17, 15) is 13.2 Å². The van der Waals surface area contributed by atoms with Gasteiger partial charge in [-0.25, -0.2) is 8.42 Å². The summed E-state index contributed by atoms with van der Waals surface area (Å²) in [6.45, 7) is 3.84. The van der Waals surface area contributed by atoms with Gasteiger partial charge in [-0.05, 0) is 12.8 Å². The van der Waals surface area contributed by atoms with Crippen LogP contribution in [0.25, 0.3) is 0 Å². The molecule has 2 atom stereocenters. The summed E-state index contributed by atoms with van der Waals surface area (Å²) in [5.41, 5.74) is 6.20. The molecule has 9 heteroatoms. The number of sulfonamides is 1. The van der Waals surface area contributed by atoms with Crippen LogP contribution in [-0.2, 0) is 26.6 Å². The molecule has 8 nitrogen and oxygen atoms in total. The summed E-state index contributed by atoms with van der Waals surface area (Å²) in [6, 6.07) is 0. The molecule has 0 aliphatic carbocycles. The van der Waals surface area contributed by atoms with E-state index in [1.807, 2.05) is 6.92 Å². The van der Waals surface area contributed by atoms with Crippen molar-refractivity contribution in [3.63, 3.8) is 0 Å². The Bertz CT molecular complexity index is 667. The highest BCUT2D eigenvalue weighted by Crippen LogP contribution is 2.32. The summed E-state index contributed by atoms with van der Waals surface area (Å²) in [7, 11) is -0.835. The molecule has 2 rings (SSSR count). The van der Waals surface area contributed by atoms with Crippen molar-refractivity contribution in [2.45, 2.75) is 18.7 Å². The number of carbonyl (C=O) groups excluding carboxylic acids is 1. The second-order valence-corrected chi connectivity index (χ2v) is 7.23. The lowest BCUT2D eigenvalue weighted by atomic mass is 9.99. The number of esters is 1. The number of hydrogen-bond acceptors (Lipinski definition) is 6. The van der Waals surface area contributed by atoms with Gasteiger partial charge in [0.1, 0.15) is 4.90 Å². The standard InChI is InChI=1S/C12H20N4O4S/c1-7-5-16(6-9(7)12(17)20-4)21(18,19)10-8(2)15(3)14-11(10)13/h7,9H,5-6H2,1-4H3,(H2,13,14). The number of methoxy groups -OCH3 is 1. The van der Waals surface area contributed by atoms with Crippen LogP contribution < -0.4 is 5.73 Å². The Labute approximate surface area is 123 Å². The van der Waals surface area contributed by atoms with E-state index in [4.69, 9.17) is 10.5 Å². The molecule has 118 valence electrons. The van der Waals surface area contributed by atoms with Crippen molar-refractivity contribution in [2.75, 3.05) is 25.9 Å². The van der Waals surface area contributed by atoms with Crippen LogP contribution in [0, 0.1) is 18.8 Å². The predicted octanol–water partition coefficient (Wildman–Crippen LogP) is -0.260. The maximum Gasteiger partial charge on any atom is 0.310 e. The van der Waals surface area contributed by atoms with E-state index in [1.165, 1.54) is 16.1 Å². The molecule has 2 heterocycles. The van der Waals surface area contributed by atoms with Crippen molar-refractivity contribution in [3.8, 4) is 0 Å². The second kappa shape index (κ2) is 5.30. The van der Waals surface area contributed by atoms with Gasteiger partial charge in [-0.2, -0.15) is 9.40 Å². The number of rotatable bonds is 3. The van der Waals surface area contributed by atoms with E-state index in [-0.39, 0.29) is 29.7 Å². The topological polar surface area (TPSA) is 108 Å². The second-order valence-electron chi connectivity index (χ2n) is 5.35. The highest BCUT2D eigenvalue weighted by molar-refractivity contribution is 7.89. The molecule has 0 saturated carbocycles. The lowest BCUT2D eigenvalue weighted by Gasteiger charge is -2.16. The zero-order chi connectivity index (χ0) is 15.9. The summed E-state index contributed by atoms with van der Waals surface area (Å²) in [6.07, 6.45) is 0. The van der Waals surface area contributed by atoms with Crippen LogP contribution in [0.5, 0.6) is 0 Å². The summed E-state index contributed by atoms with van der Waals surface area (Å²) in [4.78, 5) is 11.7. The number of ether oxygens (including phenoxy) is 1. The van der Waals surface area contributed by atoms with Gasteiger partial charge in [-0.3, -0.25) is 9.48 Å². The molecule has 0 radical (unpaired) electrons. The van der Waals surface area contributed by atoms with Gasteiger partial charge in [0.05, 0.1) is 18.7 Å². The maximum absolute atomic E-state index is 12.7. The normalized spacial score (nSPS) is 23.4. The number of nitrogen functional groups attached to an aromatic ring is 1. The number of nitrogens with two attached hydrogens (primary N) is 1. The number of hydrogen-bond donors (Lipinski definition) is 1. The average Bonchev–Trinajstić information content (AvgIpc) is 2.90. The third kappa shape index (κ3) is 2.51. The first kappa shape index (κ1) is 15.8. The van der Waals surface area contributed by atoms with Gasteiger partial charge in [-0.15, -0.1) is 0 Å². The van der Waals surface area contributed by atoms with E-state index >= 15 is 0 Å². The Hall–Kier alpha value is -1.61. The molecule has 1 aliphatic rings. The van der Waals surface area contributed by atoms with Crippen LogP contribution in [-0.4, -0.2) is 48.7 Å². The van der Waals surface area contributed by atoms with Crippen LogP contribution in [0.4, 0.5) is 5.82 Å². The molecule has 1 aliphatic heterocycles. The van der Waals surface area contributed by atoms with Gasteiger partial charge in [0.15, 0.2) is 5.82 Å². The van der Waals surface area contributed by atoms with E-state index in [2.05, 4.69) is 5.10 Å². The van der Waals surface area contributed by atoms with E-state index in [0.717, 1.165) is 0 Å². The van der Waals surface area contributed by atoms with Crippen LogP contribution in [0.2, 0.25) is 0 Å². The number of aromatic nitrogens is 2. The SMILES string of the molecule is COC(=O)C1CN(S(=O)(=O)c2c(N)nn(C)c2C)CC1C. The smallest absolute Gasteiger partial charge is 0.310 e. The molecule has 2 unspecified atom stereocenters. The van der Waals surface area contributed by atoms with Gasteiger partial charge in [0.2, 0.25) is 10.0 Å². The first-order valence-corrected chi connectivity index (χ1v) is 8.01. The van der Waals surface area contributed by atoms with Gasteiger partial charge in [-0.1, -0.05) is 6.92 Å². The highest BCUT2D eigenvalue weighted by atomic mass is 32.2. The Kier molecular flexibility index (Phi) is 3.98. The first-order valence-electron chi connectivity index (χ1n) is 6.57.